The number of guanidine groups is 1. The van der Waals surface area contributed by atoms with Gasteiger partial charge in [-0.2, -0.15) is 5.10 Å². The summed E-state index contributed by atoms with van der Waals surface area (Å²) >= 11 is 0. The summed E-state index contributed by atoms with van der Waals surface area (Å²) < 4.78 is 6.78. The van der Waals surface area contributed by atoms with Gasteiger partial charge in [0.25, 0.3) is 0 Å². The number of benzene rings is 1. The Labute approximate surface area is 189 Å². The van der Waals surface area contributed by atoms with E-state index in [1.165, 1.54) is 12.7 Å². The molecule has 8 heteroatoms. The van der Waals surface area contributed by atoms with Gasteiger partial charge in [0.15, 0.2) is 5.96 Å². The Morgan fingerprint density at radius 3 is 2.69 bits per heavy atom. The van der Waals surface area contributed by atoms with Crippen LogP contribution in [-0.4, -0.2) is 59.9 Å². The van der Waals surface area contributed by atoms with Crippen molar-refractivity contribution in [3.05, 3.63) is 48.3 Å². The van der Waals surface area contributed by atoms with Gasteiger partial charge in [0.1, 0.15) is 0 Å². The quantitative estimate of drug-likeness (QED) is 0.280. The number of methoxy groups -OCH3 is 1. The number of aromatic nitrogens is 2. The van der Waals surface area contributed by atoms with Gasteiger partial charge in [0.05, 0.1) is 18.7 Å². The molecule has 1 aliphatic heterocycles. The van der Waals surface area contributed by atoms with Crippen molar-refractivity contribution in [3.8, 4) is 5.69 Å². The summed E-state index contributed by atoms with van der Waals surface area (Å²) in [7, 11) is 1.45. The normalized spacial score (nSPS) is 19.0. The molecule has 1 saturated heterocycles. The minimum atomic E-state index is -0.136. The summed E-state index contributed by atoms with van der Waals surface area (Å²) in [6.07, 6.45) is 4.56. The van der Waals surface area contributed by atoms with E-state index in [9.17, 15) is 4.79 Å². The first-order valence-corrected chi connectivity index (χ1v) is 9.82. The molecule has 1 N–H and O–H groups in total. The van der Waals surface area contributed by atoms with Gasteiger partial charge < -0.3 is 15.0 Å². The lowest BCUT2D eigenvalue weighted by Crippen LogP contribution is -2.40. The van der Waals surface area contributed by atoms with Crippen LogP contribution in [0.5, 0.6) is 0 Å². The molecule has 2 unspecified atom stereocenters. The molecule has 29 heavy (non-hydrogen) atoms. The standard InChI is InChI=1S/C21H29N5O2.HI/c1-4-22-21(25-14-16(2)19(15-25)20(27)28-3)23-12-10-17-6-8-18(9-7-17)26-13-5-11-24-26;/h5-9,11,13,16,19H,4,10,12,14-15H2,1-3H3,(H,22,23);1H. The zero-order valence-electron chi connectivity index (χ0n) is 17.2. The van der Waals surface area contributed by atoms with Crippen LogP contribution in [0.2, 0.25) is 0 Å². The molecule has 2 heterocycles. The molecule has 2 atom stereocenters. The summed E-state index contributed by atoms with van der Waals surface area (Å²) in [4.78, 5) is 18.9. The number of nitrogens with zero attached hydrogens (tertiary/aromatic N) is 4. The summed E-state index contributed by atoms with van der Waals surface area (Å²) in [6.45, 7) is 7.10. The van der Waals surface area contributed by atoms with E-state index < -0.39 is 0 Å². The van der Waals surface area contributed by atoms with Crippen LogP contribution in [0.15, 0.2) is 47.7 Å². The topological polar surface area (TPSA) is 71.8 Å². The summed E-state index contributed by atoms with van der Waals surface area (Å²) in [5, 5.41) is 7.59. The third kappa shape index (κ3) is 5.94. The second-order valence-corrected chi connectivity index (χ2v) is 7.11. The molecule has 0 amide bonds. The highest BCUT2D eigenvalue weighted by molar-refractivity contribution is 14.0. The molecule has 1 aromatic heterocycles. The number of rotatable bonds is 6. The Hall–Kier alpha value is -2.10. The summed E-state index contributed by atoms with van der Waals surface area (Å²) in [6, 6.07) is 10.3. The number of ether oxygens (including phenoxy) is 1. The zero-order valence-corrected chi connectivity index (χ0v) is 19.6. The summed E-state index contributed by atoms with van der Waals surface area (Å²) in [5.41, 5.74) is 2.28. The van der Waals surface area contributed by atoms with Crippen molar-refractivity contribution in [2.45, 2.75) is 20.3 Å². The molecule has 158 valence electrons. The molecule has 1 aromatic carbocycles. The van der Waals surface area contributed by atoms with Crippen LogP contribution in [0.1, 0.15) is 19.4 Å². The average Bonchev–Trinajstić information content (AvgIpc) is 3.37. The van der Waals surface area contributed by atoms with E-state index >= 15 is 0 Å². The maximum atomic E-state index is 11.9. The lowest BCUT2D eigenvalue weighted by Gasteiger charge is -2.21. The number of esters is 1. The molecule has 2 aromatic rings. The summed E-state index contributed by atoms with van der Waals surface area (Å²) in [5.74, 6) is 0.895. The fourth-order valence-electron chi connectivity index (χ4n) is 3.55. The number of likely N-dealkylation sites (tertiary alicyclic amines) is 1. The molecule has 0 aliphatic carbocycles. The monoisotopic (exact) mass is 511 g/mol. The van der Waals surface area contributed by atoms with Crippen LogP contribution in [0.25, 0.3) is 5.69 Å². The van der Waals surface area contributed by atoms with Crippen molar-refractivity contribution in [1.29, 1.82) is 0 Å². The van der Waals surface area contributed by atoms with E-state index in [1.54, 1.807) is 6.20 Å². The third-order valence-corrected chi connectivity index (χ3v) is 5.12. The van der Waals surface area contributed by atoms with E-state index in [1.807, 2.05) is 16.9 Å². The minimum Gasteiger partial charge on any atom is -0.469 e. The number of hydrogen-bond donors (Lipinski definition) is 1. The highest BCUT2D eigenvalue weighted by Crippen LogP contribution is 2.24. The Balaban J connectivity index is 0.00000300. The molecule has 0 bridgehead atoms. The molecule has 7 nitrogen and oxygen atoms in total. The Bertz CT molecular complexity index is 792. The SMILES string of the molecule is CCNC(=NCCc1ccc(-n2cccn2)cc1)N1CC(C)C(C(=O)OC)C1.I. The Morgan fingerprint density at radius 2 is 2.07 bits per heavy atom. The van der Waals surface area contributed by atoms with Crippen LogP contribution >= 0.6 is 24.0 Å². The predicted octanol–water partition coefficient (Wildman–Crippen LogP) is 2.74. The van der Waals surface area contributed by atoms with Gasteiger partial charge in [-0.1, -0.05) is 19.1 Å². The van der Waals surface area contributed by atoms with Gasteiger partial charge >= 0.3 is 5.97 Å². The van der Waals surface area contributed by atoms with Gasteiger partial charge in [-0.05, 0) is 43.0 Å². The first-order chi connectivity index (χ1) is 13.6. The van der Waals surface area contributed by atoms with Crippen molar-refractivity contribution in [1.82, 2.24) is 20.0 Å². The smallest absolute Gasteiger partial charge is 0.310 e. The van der Waals surface area contributed by atoms with Crippen molar-refractivity contribution in [3.63, 3.8) is 0 Å². The fraction of sp³-hybridized carbons (Fsp3) is 0.476. The van der Waals surface area contributed by atoms with Gasteiger partial charge in [-0.25, -0.2) is 4.68 Å². The average molecular weight is 511 g/mol. The van der Waals surface area contributed by atoms with E-state index in [0.29, 0.717) is 13.1 Å². The van der Waals surface area contributed by atoms with Crippen molar-refractivity contribution in [2.24, 2.45) is 16.8 Å². The van der Waals surface area contributed by atoms with Crippen LogP contribution in [0, 0.1) is 11.8 Å². The highest BCUT2D eigenvalue weighted by Gasteiger charge is 2.36. The predicted molar refractivity (Wildman–Crippen MR) is 125 cm³/mol. The second kappa shape index (κ2) is 11.2. The van der Waals surface area contributed by atoms with Gasteiger partial charge in [0, 0.05) is 38.6 Å². The van der Waals surface area contributed by atoms with E-state index in [4.69, 9.17) is 9.73 Å². The Morgan fingerprint density at radius 1 is 1.31 bits per heavy atom. The number of aliphatic imine (C=N–C) groups is 1. The lowest BCUT2D eigenvalue weighted by atomic mass is 9.99. The van der Waals surface area contributed by atoms with Crippen LogP contribution in [0.3, 0.4) is 0 Å². The van der Waals surface area contributed by atoms with Gasteiger partial charge in [-0.3, -0.25) is 9.79 Å². The molecular formula is C21H30IN5O2. The van der Waals surface area contributed by atoms with Crippen LogP contribution in [-0.2, 0) is 16.0 Å². The maximum Gasteiger partial charge on any atom is 0.310 e. The number of nitrogens with one attached hydrogen (secondary N) is 1. The molecule has 0 saturated carbocycles. The number of carbonyl (C=O) groups excluding carboxylic acids is 1. The van der Waals surface area contributed by atoms with E-state index in [-0.39, 0.29) is 41.8 Å². The Kier molecular flexibility index (Phi) is 8.94. The molecular weight excluding hydrogens is 481 g/mol. The van der Waals surface area contributed by atoms with Crippen LogP contribution in [0.4, 0.5) is 0 Å². The minimum absolute atomic E-state index is 0. The van der Waals surface area contributed by atoms with Crippen molar-refractivity contribution < 1.29 is 9.53 Å². The van der Waals surface area contributed by atoms with Crippen LogP contribution < -0.4 is 5.32 Å². The first-order valence-electron chi connectivity index (χ1n) is 9.82. The van der Waals surface area contributed by atoms with Crippen molar-refractivity contribution >= 4 is 35.9 Å². The van der Waals surface area contributed by atoms with Gasteiger partial charge in [0.2, 0.25) is 0 Å². The molecule has 1 aliphatic rings. The second-order valence-electron chi connectivity index (χ2n) is 7.11. The number of halogens is 1. The largest absolute Gasteiger partial charge is 0.469 e. The number of carbonyl (C=O) groups is 1. The molecule has 0 spiro atoms. The van der Waals surface area contributed by atoms with Gasteiger partial charge in [-0.15, -0.1) is 24.0 Å². The molecule has 1 fully saturated rings. The van der Waals surface area contributed by atoms with Crippen molar-refractivity contribution in [2.75, 3.05) is 33.3 Å². The molecule has 3 rings (SSSR count). The van der Waals surface area contributed by atoms with E-state index in [0.717, 1.165) is 31.2 Å². The third-order valence-electron chi connectivity index (χ3n) is 5.12. The molecule has 0 radical (unpaired) electrons. The fourth-order valence-corrected chi connectivity index (χ4v) is 3.55. The number of hydrogen-bond acceptors (Lipinski definition) is 4. The highest BCUT2D eigenvalue weighted by atomic mass is 127. The van der Waals surface area contributed by atoms with E-state index in [2.05, 4.69) is 53.4 Å². The zero-order chi connectivity index (χ0) is 19.9. The first kappa shape index (κ1) is 23.2. The maximum absolute atomic E-state index is 11.9. The lowest BCUT2D eigenvalue weighted by molar-refractivity contribution is -0.145.